The topological polar surface area (TPSA) is 29.9 Å². The molecule has 3 heteroatoms. The summed E-state index contributed by atoms with van der Waals surface area (Å²) in [5.74, 6) is 1.15. The van der Waals surface area contributed by atoms with Gasteiger partial charge in [-0.2, -0.15) is 0 Å². The first-order valence-electron chi connectivity index (χ1n) is 6.09. The fourth-order valence-corrected chi connectivity index (χ4v) is 1.67. The Morgan fingerprint density at radius 1 is 1.27 bits per heavy atom. The van der Waals surface area contributed by atoms with Crippen LogP contribution in [0.5, 0.6) is 0 Å². The van der Waals surface area contributed by atoms with E-state index in [4.69, 9.17) is 0 Å². The summed E-state index contributed by atoms with van der Waals surface area (Å²) in [6.45, 7) is 7.40. The van der Waals surface area contributed by atoms with E-state index in [2.05, 4.69) is 28.7 Å². The minimum Gasteiger partial charge on any atom is -0.334 e. The van der Waals surface area contributed by atoms with Crippen LogP contribution in [0.15, 0.2) is 12.4 Å². The van der Waals surface area contributed by atoms with Crippen LogP contribution in [0.3, 0.4) is 0 Å². The Hall–Kier alpha value is -0.830. The van der Waals surface area contributed by atoms with Crippen molar-refractivity contribution in [1.82, 2.24) is 14.9 Å². The molecule has 1 aromatic heterocycles. The van der Waals surface area contributed by atoms with E-state index in [1.165, 1.54) is 25.7 Å². The lowest BCUT2D eigenvalue weighted by atomic mass is 10.2. The van der Waals surface area contributed by atoms with Gasteiger partial charge in [0.15, 0.2) is 0 Å². The number of unbranched alkanes of at least 4 members (excludes halogenated alkanes) is 3. The fourth-order valence-electron chi connectivity index (χ4n) is 1.67. The zero-order chi connectivity index (χ0) is 10.9. The van der Waals surface area contributed by atoms with Gasteiger partial charge in [0.2, 0.25) is 0 Å². The summed E-state index contributed by atoms with van der Waals surface area (Å²) in [6.07, 6.45) is 9.18. The molecule has 0 bridgehead atoms. The lowest BCUT2D eigenvalue weighted by Crippen LogP contribution is -2.17. The van der Waals surface area contributed by atoms with Gasteiger partial charge in [-0.25, -0.2) is 4.98 Å². The van der Waals surface area contributed by atoms with E-state index in [9.17, 15) is 0 Å². The van der Waals surface area contributed by atoms with Crippen molar-refractivity contribution < 1.29 is 0 Å². The van der Waals surface area contributed by atoms with Gasteiger partial charge < -0.3 is 9.88 Å². The van der Waals surface area contributed by atoms with Crippen LogP contribution in [0, 0.1) is 0 Å². The van der Waals surface area contributed by atoms with E-state index in [-0.39, 0.29) is 0 Å². The molecule has 0 aliphatic rings. The van der Waals surface area contributed by atoms with Gasteiger partial charge in [-0.05, 0) is 19.9 Å². The highest BCUT2D eigenvalue weighted by molar-refractivity contribution is 4.91. The van der Waals surface area contributed by atoms with Crippen molar-refractivity contribution in [3.63, 3.8) is 0 Å². The second-order valence-corrected chi connectivity index (χ2v) is 3.87. The largest absolute Gasteiger partial charge is 0.334 e. The first-order chi connectivity index (χ1) is 7.38. The standard InChI is InChI=1S/C12H23N3/c1-3-5-6-7-8-13-11-12-14-9-10-15(12)4-2/h9-10,13H,3-8,11H2,1-2H3. The number of hydrogen-bond donors (Lipinski definition) is 1. The minimum atomic E-state index is 0.896. The van der Waals surface area contributed by atoms with Crippen LogP contribution < -0.4 is 5.32 Å². The lowest BCUT2D eigenvalue weighted by Gasteiger charge is -2.06. The van der Waals surface area contributed by atoms with Crippen molar-refractivity contribution in [2.24, 2.45) is 0 Å². The van der Waals surface area contributed by atoms with Crippen LogP contribution in [0.2, 0.25) is 0 Å². The van der Waals surface area contributed by atoms with Gasteiger partial charge >= 0.3 is 0 Å². The molecule has 0 spiro atoms. The molecule has 86 valence electrons. The molecule has 1 rings (SSSR count). The predicted octanol–water partition coefficient (Wildman–Crippen LogP) is 2.57. The van der Waals surface area contributed by atoms with Crippen molar-refractivity contribution in [1.29, 1.82) is 0 Å². The molecule has 0 aliphatic carbocycles. The van der Waals surface area contributed by atoms with Crippen LogP contribution in [0.4, 0.5) is 0 Å². The summed E-state index contributed by atoms with van der Waals surface area (Å²) in [5.41, 5.74) is 0. The summed E-state index contributed by atoms with van der Waals surface area (Å²) < 4.78 is 2.18. The van der Waals surface area contributed by atoms with Gasteiger partial charge in [0, 0.05) is 18.9 Å². The second kappa shape index (κ2) is 7.46. The summed E-state index contributed by atoms with van der Waals surface area (Å²) >= 11 is 0. The number of aryl methyl sites for hydroxylation is 1. The molecular weight excluding hydrogens is 186 g/mol. The highest BCUT2D eigenvalue weighted by Gasteiger charge is 1.99. The van der Waals surface area contributed by atoms with Crippen LogP contribution in [-0.4, -0.2) is 16.1 Å². The van der Waals surface area contributed by atoms with Crippen molar-refractivity contribution in [3.05, 3.63) is 18.2 Å². The number of nitrogens with zero attached hydrogens (tertiary/aromatic N) is 2. The predicted molar refractivity (Wildman–Crippen MR) is 63.7 cm³/mol. The van der Waals surface area contributed by atoms with E-state index in [0.717, 1.165) is 25.5 Å². The number of nitrogens with one attached hydrogen (secondary N) is 1. The molecule has 0 unspecified atom stereocenters. The first-order valence-corrected chi connectivity index (χ1v) is 6.09. The Balaban J connectivity index is 2.09. The average Bonchev–Trinajstić information content (AvgIpc) is 2.70. The lowest BCUT2D eigenvalue weighted by molar-refractivity contribution is 0.570. The number of aromatic nitrogens is 2. The Morgan fingerprint density at radius 3 is 2.87 bits per heavy atom. The third-order valence-electron chi connectivity index (χ3n) is 2.63. The first kappa shape index (κ1) is 12.2. The average molecular weight is 209 g/mol. The summed E-state index contributed by atoms with van der Waals surface area (Å²) in [4.78, 5) is 4.32. The van der Waals surface area contributed by atoms with Gasteiger partial charge in [-0.15, -0.1) is 0 Å². The van der Waals surface area contributed by atoms with Crippen molar-refractivity contribution >= 4 is 0 Å². The molecule has 0 saturated carbocycles. The molecule has 0 aromatic carbocycles. The van der Waals surface area contributed by atoms with Crippen LogP contribution in [-0.2, 0) is 13.1 Å². The van der Waals surface area contributed by atoms with Crippen molar-refractivity contribution in [3.8, 4) is 0 Å². The molecule has 15 heavy (non-hydrogen) atoms. The Morgan fingerprint density at radius 2 is 2.13 bits per heavy atom. The molecule has 0 aliphatic heterocycles. The fraction of sp³-hybridized carbons (Fsp3) is 0.750. The second-order valence-electron chi connectivity index (χ2n) is 3.87. The minimum absolute atomic E-state index is 0.896. The molecule has 0 saturated heterocycles. The molecule has 0 atom stereocenters. The van der Waals surface area contributed by atoms with Crippen LogP contribution in [0.1, 0.15) is 45.4 Å². The monoisotopic (exact) mass is 209 g/mol. The molecule has 1 aromatic rings. The normalized spacial score (nSPS) is 10.8. The molecule has 1 N–H and O–H groups in total. The van der Waals surface area contributed by atoms with E-state index in [1.807, 2.05) is 12.4 Å². The Kier molecular flexibility index (Phi) is 6.09. The Bertz CT molecular complexity index is 255. The maximum atomic E-state index is 4.32. The molecule has 0 fully saturated rings. The number of rotatable bonds is 8. The van der Waals surface area contributed by atoms with E-state index in [1.54, 1.807) is 0 Å². The molecular formula is C12H23N3. The number of imidazole rings is 1. The highest BCUT2D eigenvalue weighted by Crippen LogP contribution is 1.99. The smallest absolute Gasteiger partial charge is 0.122 e. The quantitative estimate of drug-likeness (QED) is 0.667. The maximum Gasteiger partial charge on any atom is 0.122 e. The summed E-state index contributed by atoms with van der Waals surface area (Å²) in [5, 5.41) is 3.44. The van der Waals surface area contributed by atoms with Crippen LogP contribution >= 0.6 is 0 Å². The van der Waals surface area contributed by atoms with Crippen molar-refractivity contribution in [2.75, 3.05) is 6.54 Å². The van der Waals surface area contributed by atoms with Gasteiger partial charge in [0.05, 0.1) is 6.54 Å². The Labute approximate surface area is 92.9 Å². The van der Waals surface area contributed by atoms with Crippen molar-refractivity contribution in [2.45, 2.75) is 52.6 Å². The highest BCUT2D eigenvalue weighted by atomic mass is 15.1. The van der Waals surface area contributed by atoms with E-state index < -0.39 is 0 Å². The van der Waals surface area contributed by atoms with Gasteiger partial charge in [0.25, 0.3) is 0 Å². The summed E-state index contributed by atoms with van der Waals surface area (Å²) in [7, 11) is 0. The third-order valence-corrected chi connectivity index (χ3v) is 2.63. The molecule has 1 heterocycles. The van der Waals surface area contributed by atoms with Gasteiger partial charge in [-0.1, -0.05) is 26.2 Å². The molecule has 3 nitrogen and oxygen atoms in total. The van der Waals surface area contributed by atoms with E-state index in [0.29, 0.717) is 0 Å². The summed E-state index contributed by atoms with van der Waals surface area (Å²) in [6, 6.07) is 0. The SMILES string of the molecule is CCCCCCNCc1nccn1CC. The third kappa shape index (κ3) is 4.47. The zero-order valence-electron chi connectivity index (χ0n) is 10.00. The van der Waals surface area contributed by atoms with E-state index >= 15 is 0 Å². The maximum absolute atomic E-state index is 4.32. The molecule has 0 amide bonds. The van der Waals surface area contributed by atoms with Gasteiger partial charge in [-0.3, -0.25) is 0 Å². The number of hydrogen-bond acceptors (Lipinski definition) is 2. The molecule has 0 radical (unpaired) electrons. The van der Waals surface area contributed by atoms with Gasteiger partial charge in [0.1, 0.15) is 5.82 Å². The zero-order valence-corrected chi connectivity index (χ0v) is 10.00. The van der Waals surface area contributed by atoms with Crippen LogP contribution in [0.25, 0.3) is 0 Å².